The first kappa shape index (κ1) is 13.1. The molecular weight excluding hydrogens is 268 g/mol. The Labute approximate surface area is 122 Å². The molecular formula is C16H16N2OS. The Bertz CT molecular complexity index is 721. The zero-order valence-corrected chi connectivity index (χ0v) is 12.4. The van der Waals surface area contributed by atoms with Crippen LogP contribution in [0.3, 0.4) is 0 Å². The highest BCUT2D eigenvalue weighted by molar-refractivity contribution is 7.09. The first-order valence-electron chi connectivity index (χ1n) is 6.64. The van der Waals surface area contributed by atoms with Crippen LogP contribution in [0.4, 0.5) is 0 Å². The van der Waals surface area contributed by atoms with Gasteiger partial charge in [0, 0.05) is 22.9 Å². The summed E-state index contributed by atoms with van der Waals surface area (Å²) in [6.07, 6.45) is 1.80. The number of fused-ring (bicyclic) bond motifs is 1. The van der Waals surface area contributed by atoms with E-state index in [0.717, 1.165) is 27.4 Å². The third-order valence-corrected chi connectivity index (χ3v) is 4.22. The summed E-state index contributed by atoms with van der Waals surface area (Å²) in [6.45, 7) is 4.81. The molecule has 4 heteroatoms. The minimum Gasteiger partial charge on any atom is -0.487 e. The maximum Gasteiger partial charge on any atom is 0.131 e. The molecule has 2 heterocycles. The zero-order chi connectivity index (χ0) is 13.9. The van der Waals surface area contributed by atoms with E-state index in [1.54, 1.807) is 17.5 Å². The highest BCUT2D eigenvalue weighted by atomic mass is 32.1. The van der Waals surface area contributed by atoms with Crippen molar-refractivity contribution in [3.8, 4) is 5.75 Å². The molecule has 0 saturated carbocycles. The summed E-state index contributed by atoms with van der Waals surface area (Å²) >= 11 is 1.69. The van der Waals surface area contributed by atoms with Gasteiger partial charge in [-0.2, -0.15) is 0 Å². The van der Waals surface area contributed by atoms with Gasteiger partial charge in [0.15, 0.2) is 0 Å². The number of hydrogen-bond acceptors (Lipinski definition) is 4. The number of rotatable bonds is 4. The predicted octanol–water partition coefficient (Wildman–Crippen LogP) is 4.39. The molecule has 1 aromatic carbocycles. The summed E-state index contributed by atoms with van der Waals surface area (Å²) < 4.78 is 5.81. The molecule has 0 atom stereocenters. The van der Waals surface area contributed by atoms with Crippen LogP contribution in [0.25, 0.3) is 10.9 Å². The van der Waals surface area contributed by atoms with E-state index in [2.05, 4.69) is 29.2 Å². The second-order valence-electron chi connectivity index (χ2n) is 4.98. The average molecular weight is 284 g/mol. The molecule has 0 fully saturated rings. The lowest BCUT2D eigenvalue weighted by atomic mass is 10.2. The lowest BCUT2D eigenvalue weighted by molar-refractivity contribution is 0.302. The van der Waals surface area contributed by atoms with Gasteiger partial charge in [0.05, 0.1) is 16.2 Å². The molecule has 0 aliphatic rings. The molecule has 0 radical (unpaired) electrons. The molecule has 0 N–H and O–H groups in total. The van der Waals surface area contributed by atoms with E-state index < -0.39 is 0 Å². The molecule has 0 unspecified atom stereocenters. The molecule has 3 rings (SSSR count). The summed E-state index contributed by atoms with van der Waals surface area (Å²) in [4.78, 5) is 8.87. The summed E-state index contributed by atoms with van der Waals surface area (Å²) in [6, 6.07) is 9.91. The van der Waals surface area contributed by atoms with Crippen LogP contribution in [0.15, 0.2) is 41.9 Å². The van der Waals surface area contributed by atoms with Crippen LogP contribution in [-0.2, 0) is 6.61 Å². The number of thiazole rings is 1. The minimum atomic E-state index is 0.473. The van der Waals surface area contributed by atoms with Gasteiger partial charge >= 0.3 is 0 Å². The standard InChI is InChI=1S/C16H16N2OS/c1-11(2)16-18-13(10-20-16)9-19-14-5-6-15-12(8-14)4-3-7-17-15/h3-8,10-11H,9H2,1-2H3. The molecule has 2 aromatic heterocycles. The molecule has 0 aliphatic heterocycles. The van der Waals surface area contributed by atoms with Crippen molar-refractivity contribution in [2.75, 3.05) is 0 Å². The van der Waals surface area contributed by atoms with Crippen molar-refractivity contribution < 1.29 is 4.74 Å². The topological polar surface area (TPSA) is 35.0 Å². The van der Waals surface area contributed by atoms with Crippen molar-refractivity contribution >= 4 is 22.2 Å². The Morgan fingerprint density at radius 2 is 2.15 bits per heavy atom. The Balaban J connectivity index is 1.72. The monoisotopic (exact) mass is 284 g/mol. The van der Waals surface area contributed by atoms with Crippen LogP contribution in [0, 0.1) is 0 Å². The first-order valence-corrected chi connectivity index (χ1v) is 7.52. The first-order chi connectivity index (χ1) is 9.72. The van der Waals surface area contributed by atoms with Gasteiger partial charge in [0.1, 0.15) is 12.4 Å². The molecule has 0 amide bonds. The van der Waals surface area contributed by atoms with E-state index in [0.29, 0.717) is 12.5 Å². The van der Waals surface area contributed by atoms with Crippen LogP contribution in [0.5, 0.6) is 5.75 Å². The van der Waals surface area contributed by atoms with Crippen molar-refractivity contribution in [3.05, 3.63) is 52.6 Å². The SMILES string of the molecule is CC(C)c1nc(COc2ccc3ncccc3c2)cs1. The van der Waals surface area contributed by atoms with Crippen LogP contribution >= 0.6 is 11.3 Å². The molecule has 102 valence electrons. The fraction of sp³-hybridized carbons (Fsp3) is 0.250. The highest BCUT2D eigenvalue weighted by Crippen LogP contribution is 2.22. The molecule has 3 nitrogen and oxygen atoms in total. The minimum absolute atomic E-state index is 0.473. The number of ether oxygens (including phenoxy) is 1. The van der Waals surface area contributed by atoms with Crippen LogP contribution in [-0.4, -0.2) is 9.97 Å². The van der Waals surface area contributed by atoms with E-state index in [1.165, 1.54) is 0 Å². The number of benzene rings is 1. The fourth-order valence-electron chi connectivity index (χ4n) is 1.95. The third kappa shape index (κ3) is 2.80. The summed E-state index contributed by atoms with van der Waals surface area (Å²) in [5.74, 6) is 1.32. The van der Waals surface area contributed by atoms with E-state index in [1.807, 2.05) is 30.3 Å². The molecule has 20 heavy (non-hydrogen) atoms. The largest absolute Gasteiger partial charge is 0.487 e. The number of aromatic nitrogens is 2. The predicted molar refractivity (Wildman–Crippen MR) is 82.3 cm³/mol. The molecule has 0 saturated heterocycles. The Hall–Kier alpha value is -1.94. The van der Waals surface area contributed by atoms with E-state index in [4.69, 9.17) is 4.74 Å². The van der Waals surface area contributed by atoms with Crippen LogP contribution < -0.4 is 4.74 Å². The van der Waals surface area contributed by atoms with Gasteiger partial charge in [0.25, 0.3) is 0 Å². The van der Waals surface area contributed by atoms with Gasteiger partial charge in [0.2, 0.25) is 0 Å². The molecule has 0 aliphatic carbocycles. The van der Waals surface area contributed by atoms with Crippen molar-refractivity contribution in [3.63, 3.8) is 0 Å². The average Bonchev–Trinajstić information content (AvgIpc) is 2.94. The van der Waals surface area contributed by atoms with Gasteiger partial charge in [-0.05, 0) is 24.3 Å². The molecule has 3 aromatic rings. The Kier molecular flexibility index (Phi) is 3.65. The zero-order valence-electron chi connectivity index (χ0n) is 11.5. The number of nitrogens with zero attached hydrogens (tertiary/aromatic N) is 2. The van der Waals surface area contributed by atoms with E-state index >= 15 is 0 Å². The van der Waals surface area contributed by atoms with Crippen LogP contribution in [0.1, 0.15) is 30.5 Å². The van der Waals surface area contributed by atoms with Crippen molar-refractivity contribution in [2.24, 2.45) is 0 Å². The van der Waals surface area contributed by atoms with Gasteiger partial charge in [-0.3, -0.25) is 4.98 Å². The molecule has 0 bridgehead atoms. The van der Waals surface area contributed by atoms with Gasteiger partial charge in [-0.15, -0.1) is 11.3 Å². The normalized spacial score (nSPS) is 11.2. The van der Waals surface area contributed by atoms with E-state index in [9.17, 15) is 0 Å². The Morgan fingerprint density at radius 1 is 1.25 bits per heavy atom. The summed E-state index contributed by atoms with van der Waals surface area (Å²) in [5.41, 5.74) is 1.97. The summed E-state index contributed by atoms with van der Waals surface area (Å²) in [7, 11) is 0. The quantitative estimate of drug-likeness (QED) is 0.712. The van der Waals surface area contributed by atoms with Crippen molar-refractivity contribution in [1.29, 1.82) is 0 Å². The molecule has 0 spiro atoms. The second-order valence-corrected chi connectivity index (χ2v) is 5.87. The lowest BCUT2D eigenvalue weighted by Crippen LogP contribution is -1.96. The number of hydrogen-bond donors (Lipinski definition) is 0. The lowest BCUT2D eigenvalue weighted by Gasteiger charge is -2.05. The van der Waals surface area contributed by atoms with Crippen molar-refractivity contribution in [2.45, 2.75) is 26.4 Å². The maximum atomic E-state index is 5.81. The fourth-order valence-corrected chi connectivity index (χ4v) is 2.77. The maximum absolute atomic E-state index is 5.81. The van der Waals surface area contributed by atoms with Crippen LogP contribution in [0.2, 0.25) is 0 Å². The van der Waals surface area contributed by atoms with Gasteiger partial charge in [-0.1, -0.05) is 19.9 Å². The third-order valence-electron chi connectivity index (χ3n) is 3.02. The second kappa shape index (κ2) is 5.59. The summed E-state index contributed by atoms with van der Waals surface area (Å²) in [5, 5.41) is 4.32. The number of pyridine rings is 1. The highest BCUT2D eigenvalue weighted by Gasteiger charge is 2.06. The van der Waals surface area contributed by atoms with Gasteiger partial charge in [-0.25, -0.2) is 4.98 Å². The smallest absolute Gasteiger partial charge is 0.131 e. The van der Waals surface area contributed by atoms with Gasteiger partial charge < -0.3 is 4.74 Å². The van der Waals surface area contributed by atoms with Crippen molar-refractivity contribution in [1.82, 2.24) is 9.97 Å². The van der Waals surface area contributed by atoms with E-state index in [-0.39, 0.29) is 0 Å². The Morgan fingerprint density at radius 3 is 2.95 bits per heavy atom.